The third-order valence-corrected chi connectivity index (χ3v) is 5.11. The number of benzene rings is 2. The van der Waals surface area contributed by atoms with Crippen molar-refractivity contribution in [2.75, 3.05) is 5.73 Å². The highest BCUT2D eigenvalue weighted by Gasteiger charge is 2.19. The van der Waals surface area contributed by atoms with Gasteiger partial charge in [-0.05, 0) is 31.0 Å². The highest BCUT2D eigenvalue weighted by Crippen LogP contribution is 2.35. The largest absolute Gasteiger partial charge is 0.453 e. The predicted octanol–water partition coefficient (Wildman–Crippen LogP) is 4.92. The molecule has 158 valence electrons. The minimum Gasteiger partial charge on any atom is -0.453 e. The number of nitrogens with zero attached hydrogens (tertiary/aromatic N) is 1. The Balaban J connectivity index is 1.53. The van der Waals surface area contributed by atoms with Gasteiger partial charge in [-0.2, -0.15) is 0 Å². The van der Waals surface area contributed by atoms with Crippen molar-refractivity contribution >= 4 is 34.8 Å². The van der Waals surface area contributed by atoms with Crippen molar-refractivity contribution in [1.82, 2.24) is 15.3 Å². The third-order valence-electron chi connectivity index (χ3n) is 4.52. The van der Waals surface area contributed by atoms with E-state index in [1.54, 1.807) is 18.2 Å². The molecule has 4 rings (SSSR count). The molecule has 0 radical (unpaired) electrons. The molecule has 1 amide bonds. The molecule has 6 nitrogen and oxygen atoms in total. The van der Waals surface area contributed by atoms with E-state index in [0.717, 1.165) is 12.8 Å². The Kier molecular flexibility index (Phi) is 6.03. The lowest BCUT2D eigenvalue weighted by Crippen LogP contribution is -2.24. The number of imidazole rings is 1. The van der Waals surface area contributed by atoms with E-state index in [0.29, 0.717) is 22.9 Å². The minimum absolute atomic E-state index is 0.0205. The molecule has 1 saturated carbocycles. The maximum atomic E-state index is 15.1. The maximum Gasteiger partial charge on any atom is 0.273 e. The van der Waals surface area contributed by atoms with Gasteiger partial charge in [-0.1, -0.05) is 41.1 Å². The Hall–Kier alpha value is -3.21. The number of anilines is 1. The van der Waals surface area contributed by atoms with Gasteiger partial charge in [0.15, 0.2) is 17.3 Å². The second-order valence-corrected chi connectivity index (χ2v) is 7.82. The number of nitrogen functional groups attached to an aromatic ring is 1. The van der Waals surface area contributed by atoms with E-state index in [2.05, 4.69) is 27.1 Å². The van der Waals surface area contributed by atoms with Gasteiger partial charge in [-0.3, -0.25) is 4.79 Å². The van der Waals surface area contributed by atoms with E-state index in [1.807, 2.05) is 0 Å². The standard InChI is InChI=1S/C22H17Cl2FN4O2/c23-17-6-5-14(10-27-22(30)19-21(24)29-11-28-19)18(25)20(17)31-16-8-13(7-15(26)9-16)4-3-12-1-2-12/h5-9,11-12H,1-2,10,26H2,(H,27,30)(H,28,29). The van der Waals surface area contributed by atoms with Crippen LogP contribution in [0.15, 0.2) is 36.7 Å². The number of nitrogens with one attached hydrogen (secondary N) is 2. The summed E-state index contributed by atoms with van der Waals surface area (Å²) in [5, 5.41) is 2.74. The Bertz CT molecular complexity index is 1210. The van der Waals surface area contributed by atoms with Crippen molar-refractivity contribution in [3.8, 4) is 23.3 Å². The summed E-state index contributed by atoms with van der Waals surface area (Å²) in [5.41, 5.74) is 7.25. The molecule has 0 atom stereocenters. The van der Waals surface area contributed by atoms with Crippen LogP contribution in [0, 0.1) is 23.6 Å². The van der Waals surface area contributed by atoms with E-state index in [9.17, 15) is 4.79 Å². The fourth-order valence-corrected chi connectivity index (χ4v) is 3.15. The van der Waals surface area contributed by atoms with Gasteiger partial charge in [0.25, 0.3) is 5.91 Å². The molecule has 9 heteroatoms. The molecule has 0 aliphatic heterocycles. The van der Waals surface area contributed by atoms with Crippen molar-refractivity contribution in [3.05, 3.63) is 69.5 Å². The van der Waals surface area contributed by atoms with Gasteiger partial charge < -0.3 is 20.8 Å². The fourth-order valence-electron chi connectivity index (χ4n) is 2.78. The lowest BCUT2D eigenvalue weighted by atomic mass is 10.1. The van der Waals surface area contributed by atoms with Crippen LogP contribution in [0.3, 0.4) is 0 Å². The molecule has 31 heavy (non-hydrogen) atoms. The molecule has 1 aliphatic carbocycles. The first kappa shape index (κ1) is 21.0. The number of ether oxygens (including phenoxy) is 1. The summed E-state index contributed by atoms with van der Waals surface area (Å²) >= 11 is 12.0. The van der Waals surface area contributed by atoms with E-state index < -0.39 is 11.7 Å². The highest BCUT2D eigenvalue weighted by atomic mass is 35.5. The summed E-state index contributed by atoms with van der Waals surface area (Å²) in [4.78, 5) is 18.6. The Morgan fingerprint density at radius 2 is 2.13 bits per heavy atom. The van der Waals surface area contributed by atoms with Gasteiger partial charge in [-0.15, -0.1) is 0 Å². The number of halogens is 3. The quantitative estimate of drug-likeness (QED) is 0.373. The smallest absolute Gasteiger partial charge is 0.273 e. The number of rotatable bonds is 5. The average Bonchev–Trinajstić information content (AvgIpc) is 3.47. The molecule has 0 unspecified atom stereocenters. The molecule has 1 fully saturated rings. The molecule has 0 bridgehead atoms. The Morgan fingerprint density at radius 3 is 2.84 bits per heavy atom. The van der Waals surface area contributed by atoms with Gasteiger partial charge >= 0.3 is 0 Å². The molecule has 3 aromatic rings. The zero-order valence-electron chi connectivity index (χ0n) is 16.1. The predicted molar refractivity (Wildman–Crippen MR) is 117 cm³/mol. The SMILES string of the molecule is Nc1cc(C#CC2CC2)cc(Oc2c(Cl)ccc(CNC(=O)c3nc[nH]c3Cl)c2F)c1. The van der Waals surface area contributed by atoms with Crippen LogP contribution in [-0.4, -0.2) is 15.9 Å². The van der Waals surface area contributed by atoms with E-state index in [-0.39, 0.29) is 33.7 Å². The number of aromatic nitrogens is 2. The van der Waals surface area contributed by atoms with Crippen molar-refractivity contribution in [1.29, 1.82) is 0 Å². The summed E-state index contributed by atoms with van der Waals surface area (Å²) in [7, 11) is 0. The summed E-state index contributed by atoms with van der Waals surface area (Å²) in [6.45, 7) is -0.115. The molecule has 0 spiro atoms. The number of nitrogens with two attached hydrogens (primary N) is 1. The van der Waals surface area contributed by atoms with Crippen LogP contribution in [-0.2, 0) is 6.54 Å². The number of carbonyl (C=O) groups is 1. The van der Waals surface area contributed by atoms with Crippen LogP contribution < -0.4 is 15.8 Å². The summed E-state index contributed by atoms with van der Waals surface area (Å²) in [5.74, 6) is 5.54. The van der Waals surface area contributed by atoms with Gasteiger partial charge in [0, 0.05) is 35.3 Å². The highest BCUT2D eigenvalue weighted by molar-refractivity contribution is 6.32. The minimum atomic E-state index is -0.700. The van der Waals surface area contributed by atoms with Crippen molar-refractivity contribution in [2.45, 2.75) is 19.4 Å². The van der Waals surface area contributed by atoms with Crippen molar-refractivity contribution < 1.29 is 13.9 Å². The molecule has 1 aliphatic rings. The first-order chi connectivity index (χ1) is 14.9. The van der Waals surface area contributed by atoms with E-state index in [1.165, 1.54) is 18.5 Å². The van der Waals surface area contributed by atoms with Crippen LogP contribution in [0.5, 0.6) is 11.5 Å². The lowest BCUT2D eigenvalue weighted by Gasteiger charge is -2.13. The lowest BCUT2D eigenvalue weighted by molar-refractivity contribution is 0.0946. The molecule has 1 heterocycles. The Morgan fingerprint density at radius 1 is 1.32 bits per heavy atom. The number of hydrogen-bond donors (Lipinski definition) is 3. The monoisotopic (exact) mass is 458 g/mol. The number of amides is 1. The summed E-state index contributed by atoms with van der Waals surface area (Å²) < 4.78 is 20.8. The molecule has 0 saturated heterocycles. The number of aromatic amines is 1. The molecule has 2 aromatic carbocycles. The number of hydrogen-bond acceptors (Lipinski definition) is 4. The number of H-pyrrole nitrogens is 1. The molecule has 1 aromatic heterocycles. The zero-order chi connectivity index (χ0) is 22.0. The first-order valence-electron chi connectivity index (χ1n) is 9.44. The summed E-state index contributed by atoms with van der Waals surface area (Å²) in [6.07, 6.45) is 3.51. The second kappa shape index (κ2) is 8.88. The van der Waals surface area contributed by atoms with Crippen molar-refractivity contribution in [2.24, 2.45) is 5.92 Å². The zero-order valence-corrected chi connectivity index (χ0v) is 17.6. The van der Waals surface area contributed by atoms with Crippen molar-refractivity contribution in [3.63, 3.8) is 0 Å². The van der Waals surface area contributed by atoms with E-state index >= 15 is 4.39 Å². The topological polar surface area (TPSA) is 93.0 Å². The van der Waals surface area contributed by atoms with Crippen LogP contribution >= 0.6 is 23.2 Å². The maximum absolute atomic E-state index is 15.1. The molecule has 4 N–H and O–H groups in total. The van der Waals surface area contributed by atoms with Crippen LogP contribution in [0.4, 0.5) is 10.1 Å². The molecular weight excluding hydrogens is 442 g/mol. The Labute approximate surface area is 187 Å². The van der Waals surface area contributed by atoms with Gasteiger partial charge in [0.2, 0.25) is 0 Å². The molecular formula is C22H17Cl2FN4O2. The normalized spacial score (nSPS) is 12.7. The second-order valence-electron chi connectivity index (χ2n) is 7.03. The first-order valence-corrected chi connectivity index (χ1v) is 10.2. The van der Waals surface area contributed by atoms with Crippen LogP contribution in [0.25, 0.3) is 0 Å². The van der Waals surface area contributed by atoms with Gasteiger partial charge in [-0.25, -0.2) is 9.37 Å². The van der Waals surface area contributed by atoms with Gasteiger partial charge in [0.1, 0.15) is 10.9 Å². The van der Waals surface area contributed by atoms with Crippen LogP contribution in [0.2, 0.25) is 10.2 Å². The fraction of sp³-hybridized carbons (Fsp3) is 0.182. The third kappa shape index (κ3) is 5.10. The van der Waals surface area contributed by atoms with Crippen LogP contribution in [0.1, 0.15) is 34.5 Å². The van der Waals surface area contributed by atoms with E-state index in [4.69, 9.17) is 33.7 Å². The number of carbonyl (C=O) groups excluding carboxylic acids is 1. The summed E-state index contributed by atoms with van der Waals surface area (Å²) in [6, 6.07) is 7.92. The average molecular weight is 459 g/mol. The van der Waals surface area contributed by atoms with Gasteiger partial charge in [0.05, 0.1) is 11.3 Å².